The quantitative estimate of drug-likeness (QED) is 0.783. The van der Waals surface area contributed by atoms with Crippen molar-refractivity contribution in [1.29, 1.82) is 0 Å². The van der Waals surface area contributed by atoms with Crippen molar-refractivity contribution in [2.75, 3.05) is 12.8 Å². The van der Waals surface area contributed by atoms with E-state index in [0.29, 0.717) is 5.13 Å². The average molecular weight is 311 g/mol. The van der Waals surface area contributed by atoms with Crippen LogP contribution in [0.5, 0.6) is 5.75 Å². The molecule has 112 valence electrons. The van der Waals surface area contributed by atoms with E-state index in [-0.39, 0.29) is 5.92 Å². The zero-order chi connectivity index (χ0) is 15.4. The maximum absolute atomic E-state index is 5.81. The van der Waals surface area contributed by atoms with Gasteiger partial charge in [-0.1, -0.05) is 18.2 Å². The summed E-state index contributed by atoms with van der Waals surface area (Å²) in [4.78, 5) is 8.67. The highest BCUT2D eigenvalue weighted by molar-refractivity contribution is 7.13. The minimum atomic E-state index is 0.156. The number of nitrogen functional groups attached to an aromatic ring is 1. The molecule has 1 unspecified atom stereocenters. The molecule has 2 aromatic heterocycles. The molecule has 0 aliphatic heterocycles. The second kappa shape index (κ2) is 6.58. The first kappa shape index (κ1) is 14.5. The van der Waals surface area contributed by atoms with Gasteiger partial charge in [-0.2, -0.15) is 0 Å². The molecule has 1 aromatic carbocycles. The minimum absolute atomic E-state index is 0.156. The van der Waals surface area contributed by atoms with Crippen molar-refractivity contribution >= 4 is 16.5 Å². The Kier molecular flexibility index (Phi) is 4.34. The van der Waals surface area contributed by atoms with Crippen molar-refractivity contribution < 1.29 is 4.74 Å². The van der Waals surface area contributed by atoms with Crippen molar-refractivity contribution in [3.63, 3.8) is 0 Å². The molecule has 0 amide bonds. The van der Waals surface area contributed by atoms with Crippen LogP contribution in [0.25, 0.3) is 0 Å². The molecule has 0 radical (unpaired) electrons. The number of aromatic nitrogens is 2. The normalized spacial score (nSPS) is 12.0. The van der Waals surface area contributed by atoms with Gasteiger partial charge in [0.15, 0.2) is 5.13 Å². The predicted molar refractivity (Wildman–Crippen MR) is 89.3 cm³/mol. The molecule has 22 heavy (non-hydrogen) atoms. The monoisotopic (exact) mass is 311 g/mol. The molecule has 3 aromatic rings. The van der Waals surface area contributed by atoms with Gasteiger partial charge in [-0.3, -0.25) is 4.98 Å². The Balaban J connectivity index is 1.94. The highest BCUT2D eigenvalue weighted by Gasteiger charge is 2.18. The number of anilines is 1. The van der Waals surface area contributed by atoms with E-state index in [9.17, 15) is 0 Å². The number of hydrogen-bond donors (Lipinski definition) is 1. The zero-order valence-corrected chi connectivity index (χ0v) is 13.1. The molecular formula is C17H17N3OS. The molecule has 0 bridgehead atoms. The standard InChI is InChI=1S/C17H17N3OS/c1-21-14-6-4-13(5-7-14)15(16-11-22-17(18)20-16)9-12-3-2-8-19-10-12/h2-8,10-11,15H,9H2,1H3,(H2,18,20). The molecule has 0 aliphatic rings. The largest absolute Gasteiger partial charge is 0.497 e. The second-order valence-corrected chi connectivity index (χ2v) is 5.89. The topological polar surface area (TPSA) is 61.0 Å². The van der Waals surface area contributed by atoms with Gasteiger partial charge in [0.2, 0.25) is 0 Å². The van der Waals surface area contributed by atoms with Crippen LogP contribution in [-0.4, -0.2) is 17.1 Å². The highest BCUT2D eigenvalue weighted by Crippen LogP contribution is 2.31. The van der Waals surface area contributed by atoms with E-state index in [1.807, 2.05) is 29.8 Å². The number of rotatable bonds is 5. The smallest absolute Gasteiger partial charge is 0.180 e. The van der Waals surface area contributed by atoms with Gasteiger partial charge in [-0.15, -0.1) is 11.3 Å². The lowest BCUT2D eigenvalue weighted by Crippen LogP contribution is -2.06. The third kappa shape index (κ3) is 3.26. The number of benzene rings is 1. The zero-order valence-electron chi connectivity index (χ0n) is 12.3. The molecule has 2 N–H and O–H groups in total. The number of ether oxygens (including phenoxy) is 1. The Morgan fingerprint density at radius 3 is 2.64 bits per heavy atom. The number of hydrogen-bond acceptors (Lipinski definition) is 5. The summed E-state index contributed by atoms with van der Waals surface area (Å²) in [7, 11) is 1.67. The summed E-state index contributed by atoms with van der Waals surface area (Å²) in [6.07, 6.45) is 4.52. The molecule has 0 aliphatic carbocycles. The molecule has 0 spiro atoms. The van der Waals surface area contributed by atoms with E-state index >= 15 is 0 Å². The number of methoxy groups -OCH3 is 1. The fourth-order valence-electron chi connectivity index (χ4n) is 2.44. The van der Waals surface area contributed by atoms with Crippen molar-refractivity contribution in [2.45, 2.75) is 12.3 Å². The maximum Gasteiger partial charge on any atom is 0.180 e. The first-order valence-electron chi connectivity index (χ1n) is 7.00. The third-order valence-corrected chi connectivity index (χ3v) is 4.27. The lowest BCUT2D eigenvalue weighted by molar-refractivity contribution is 0.414. The Bertz CT molecular complexity index is 725. The van der Waals surface area contributed by atoms with Crippen LogP contribution in [-0.2, 0) is 6.42 Å². The maximum atomic E-state index is 5.81. The van der Waals surface area contributed by atoms with Crippen LogP contribution in [0.1, 0.15) is 22.7 Å². The fraction of sp³-hybridized carbons (Fsp3) is 0.176. The van der Waals surface area contributed by atoms with Crippen LogP contribution in [0.4, 0.5) is 5.13 Å². The molecule has 3 rings (SSSR count). The van der Waals surface area contributed by atoms with Crippen LogP contribution in [0, 0.1) is 0 Å². The number of nitrogens with zero attached hydrogens (tertiary/aromatic N) is 2. The molecular weight excluding hydrogens is 294 g/mol. The first-order valence-corrected chi connectivity index (χ1v) is 7.88. The van der Waals surface area contributed by atoms with E-state index in [0.717, 1.165) is 17.9 Å². The number of nitrogens with two attached hydrogens (primary N) is 1. The van der Waals surface area contributed by atoms with E-state index in [1.165, 1.54) is 22.5 Å². The Hall–Kier alpha value is -2.40. The van der Waals surface area contributed by atoms with Crippen molar-refractivity contribution in [2.24, 2.45) is 0 Å². The molecule has 0 saturated carbocycles. The van der Waals surface area contributed by atoms with Gasteiger partial charge >= 0.3 is 0 Å². The molecule has 4 nitrogen and oxygen atoms in total. The first-order chi connectivity index (χ1) is 10.8. The SMILES string of the molecule is COc1ccc(C(Cc2cccnc2)c2csc(N)n2)cc1. The van der Waals surface area contributed by atoms with Crippen molar-refractivity contribution in [3.8, 4) is 5.75 Å². The number of thiazole rings is 1. The fourth-order valence-corrected chi connectivity index (χ4v) is 3.06. The Morgan fingerprint density at radius 2 is 2.05 bits per heavy atom. The van der Waals surface area contributed by atoms with E-state index in [4.69, 9.17) is 10.5 Å². The van der Waals surface area contributed by atoms with Gasteiger partial charge in [-0.05, 0) is 35.7 Å². The molecule has 2 heterocycles. The van der Waals surface area contributed by atoms with E-state index in [2.05, 4.69) is 28.2 Å². The second-order valence-electron chi connectivity index (χ2n) is 5.00. The summed E-state index contributed by atoms with van der Waals surface area (Å²) >= 11 is 1.47. The highest BCUT2D eigenvalue weighted by atomic mass is 32.1. The van der Waals surface area contributed by atoms with Crippen LogP contribution >= 0.6 is 11.3 Å². The minimum Gasteiger partial charge on any atom is -0.497 e. The van der Waals surface area contributed by atoms with Crippen LogP contribution in [0.2, 0.25) is 0 Å². The molecule has 0 fully saturated rings. The van der Waals surface area contributed by atoms with E-state index < -0.39 is 0 Å². The van der Waals surface area contributed by atoms with Gasteiger partial charge in [0.25, 0.3) is 0 Å². The lowest BCUT2D eigenvalue weighted by atomic mass is 9.90. The summed E-state index contributed by atoms with van der Waals surface area (Å²) in [6.45, 7) is 0. The summed E-state index contributed by atoms with van der Waals surface area (Å²) in [5.74, 6) is 1.00. The van der Waals surface area contributed by atoms with Gasteiger partial charge in [0.1, 0.15) is 5.75 Å². The molecule has 5 heteroatoms. The summed E-state index contributed by atoms with van der Waals surface area (Å²) in [5, 5.41) is 2.63. The molecule has 1 atom stereocenters. The van der Waals surface area contributed by atoms with Crippen LogP contribution < -0.4 is 10.5 Å². The number of pyridine rings is 1. The van der Waals surface area contributed by atoms with Crippen molar-refractivity contribution in [1.82, 2.24) is 9.97 Å². The average Bonchev–Trinajstić information content (AvgIpc) is 3.00. The van der Waals surface area contributed by atoms with Gasteiger partial charge in [0, 0.05) is 23.7 Å². The Labute approximate surface area is 133 Å². The van der Waals surface area contributed by atoms with Gasteiger partial charge in [0.05, 0.1) is 12.8 Å². The summed E-state index contributed by atoms with van der Waals surface area (Å²) < 4.78 is 5.23. The van der Waals surface area contributed by atoms with Crippen LogP contribution in [0.15, 0.2) is 54.2 Å². The van der Waals surface area contributed by atoms with Crippen LogP contribution in [0.3, 0.4) is 0 Å². The Morgan fingerprint density at radius 1 is 1.23 bits per heavy atom. The molecule has 0 saturated heterocycles. The summed E-state index contributed by atoms with van der Waals surface area (Å²) in [5.41, 5.74) is 9.17. The van der Waals surface area contributed by atoms with E-state index in [1.54, 1.807) is 13.3 Å². The summed E-state index contributed by atoms with van der Waals surface area (Å²) in [6, 6.07) is 12.1. The van der Waals surface area contributed by atoms with Gasteiger partial charge < -0.3 is 10.5 Å². The third-order valence-electron chi connectivity index (χ3n) is 3.58. The van der Waals surface area contributed by atoms with Crippen molar-refractivity contribution in [3.05, 3.63) is 71.0 Å². The van der Waals surface area contributed by atoms with Gasteiger partial charge in [-0.25, -0.2) is 4.98 Å². The lowest BCUT2D eigenvalue weighted by Gasteiger charge is -2.16. The predicted octanol–water partition coefficient (Wildman–Crippen LogP) is 3.50.